The van der Waals surface area contributed by atoms with Gasteiger partial charge in [0.25, 0.3) is 0 Å². The third kappa shape index (κ3) is 3.91. The summed E-state index contributed by atoms with van der Waals surface area (Å²) < 4.78 is 24.8. The van der Waals surface area contributed by atoms with Gasteiger partial charge in [0.1, 0.15) is 12.4 Å². The zero-order valence-corrected chi connectivity index (χ0v) is 19.5. The number of halogens is 1. The number of allylic oxidation sites excluding steroid dienone is 4. The molecule has 0 spiro atoms. The molecule has 0 aromatic heterocycles. The minimum absolute atomic E-state index is 0.124. The van der Waals surface area contributed by atoms with E-state index in [9.17, 15) is 14.0 Å². The molecule has 0 fully saturated rings. The van der Waals surface area contributed by atoms with Gasteiger partial charge >= 0.3 is 0 Å². The third-order valence-electron chi connectivity index (χ3n) is 7.07. The molecule has 34 heavy (non-hydrogen) atoms. The molecule has 2 aromatic rings. The van der Waals surface area contributed by atoms with Gasteiger partial charge in [-0.3, -0.25) is 9.59 Å². The SMILES string of the molecule is COc1cc(C2C3=C(CCCC3=O)N(C)C3=C2C(=O)CCC3)ccc1OCc1ccc(F)cc1. The lowest BCUT2D eigenvalue weighted by atomic mass is 9.71. The number of rotatable bonds is 5. The van der Waals surface area contributed by atoms with E-state index in [1.165, 1.54) is 12.1 Å². The fourth-order valence-corrected chi connectivity index (χ4v) is 5.41. The summed E-state index contributed by atoms with van der Waals surface area (Å²) >= 11 is 0. The van der Waals surface area contributed by atoms with Gasteiger partial charge < -0.3 is 14.4 Å². The van der Waals surface area contributed by atoms with Crippen LogP contribution in [0.3, 0.4) is 0 Å². The van der Waals surface area contributed by atoms with Gasteiger partial charge in [0.05, 0.1) is 7.11 Å². The maximum Gasteiger partial charge on any atom is 0.161 e. The molecule has 0 unspecified atom stereocenters. The summed E-state index contributed by atoms with van der Waals surface area (Å²) in [4.78, 5) is 28.4. The van der Waals surface area contributed by atoms with Crippen LogP contribution in [0.2, 0.25) is 0 Å². The largest absolute Gasteiger partial charge is 0.493 e. The summed E-state index contributed by atoms with van der Waals surface area (Å²) in [7, 11) is 3.57. The molecule has 0 atom stereocenters. The van der Waals surface area contributed by atoms with Crippen molar-refractivity contribution in [3.05, 3.63) is 81.9 Å². The van der Waals surface area contributed by atoms with Crippen LogP contribution in [-0.2, 0) is 16.2 Å². The van der Waals surface area contributed by atoms with Crippen LogP contribution >= 0.6 is 0 Å². The smallest absolute Gasteiger partial charge is 0.161 e. The first-order chi connectivity index (χ1) is 16.5. The number of hydrogen-bond donors (Lipinski definition) is 0. The van der Waals surface area contributed by atoms with Crippen LogP contribution in [0.1, 0.15) is 55.6 Å². The number of carbonyl (C=O) groups excluding carboxylic acids is 2. The molecular formula is C28H28FNO4. The highest BCUT2D eigenvalue weighted by Crippen LogP contribution is 2.49. The molecule has 1 heterocycles. The second-order valence-corrected chi connectivity index (χ2v) is 9.09. The Hall–Kier alpha value is -3.41. The van der Waals surface area contributed by atoms with Gasteiger partial charge in [-0.25, -0.2) is 4.39 Å². The number of Topliss-reactive ketones (excluding diaryl/α,β-unsaturated/α-hetero) is 2. The van der Waals surface area contributed by atoms with Crippen molar-refractivity contribution in [2.24, 2.45) is 0 Å². The molecule has 0 saturated carbocycles. The minimum Gasteiger partial charge on any atom is -0.493 e. The van der Waals surface area contributed by atoms with Gasteiger partial charge in [0.2, 0.25) is 0 Å². The van der Waals surface area contributed by atoms with Gasteiger partial charge in [0, 0.05) is 48.3 Å². The Morgan fingerprint density at radius 2 is 1.50 bits per heavy atom. The van der Waals surface area contributed by atoms with E-state index >= 15 is 0 Å². The molecule has 1 aliphatic heterocycles. The molecular weight excluding hydrogens is 433 g/mol. The predicted octanol–water partition coefficient (Wildman–Crippen LogP) is 5.46. The minimum atomic E-state index is -0.373. The first kappa shape index (κ1) is 22.4. The van der Waals surface area contributed by atoms with E-state index in [-0.39, 0.29) is 29.9 Å². The predicted molar refractivity (Wildman–Crippen MR) is 126 cm³/mol. The molecule has 5 nitrogen and oxygen atoms in total. The van der Waals surface area contributed by atoms with Crippen molar-refractivity contribution in [1.29, 1.82) is 0 Å². The molecule has 176 valence electrons. The van der Waals surface area contributed by atoms with E-state index in [2.05, 4.69) is 4.90 Å². The van der Waals surface area contributed by atoms with Gasteiger partial charge in [-0.2, -0.15) is 0 Å². The summed E-state index contributed by atoms with van der Waals surface area (Å²) in [5.74, 6) is 0.672. The number of nitrogens with zero attached hydrogens (tertiary/aromatic N) is 1. The Morgan fingerprint density at radius 1 is 0.882 bits per heavy atom. The second kappa shape index (κ2) is 9.09. The van der Waals surface area contributed by atoms with Crippen molar-refractivity contribution < 1.29 is 23.5 Å². The summed E-state index contributed by atoms with van der Waals surface area (Å²) in [6.07, 6.45) is 4.38. The highest BCUT2D eigenvalue weighted by atomic mass is 19.1. The van der Waals surface area contributed by atoms with Crippen molar-refractivity contribution in [1.82, 2.24) is 4.90 Å². The number of benzene rings is 2. The lowest BCUT2D eigenvalue weighted by Crippen LogP contribution is -2.37. The Bertz CT molecular complexity index is 1170. The Balaban J connectivity index is 1.53. The van der Waals surface area contributed by atoms with Crippen LogP contribution in [0.4, 0.5) is 4.39 Å². The van der Waals surface area contributed by atoms with Crippen molar-refractivity contribution in [2.45, 2.75) is 51.0 Å². The molecule has 6 heteroatoms. The number of ether oxygens (including phenoxy) is 2. The Labute approximate surface area is 198 Å². The van der Waals surface area contributed by atoms with E-state index in [1.807, 2.05) is 25.2 Å². The Morgan fingerprint density at radius 3 is 2.09 bits per heavy atom. The monoisotopic (exact) mass is 461 g/mol. The summed E-state index contributed by atoms with van der Waals surface area (Å²) in [5.41, 5.74) is 5.31. The summed E-state index contributed by atoms with van der Waals surface area (Å²) in [6.45, 7) is 0.270. The quantitative estimate of drug-likeness (QED) is 0.592. The Kier molecular flexibility index (Phi) is 5.98. The highest BCUT2D eigenvalue weighted by Gasteiger charge is 2.42. The second-order valence-electron chi connectivity index (χ2n) is 9.09. The van der Waals surface area contributed by atoms with E-state index in [1.54, 1.807) is 19.2 Å². The van der Waals surface area contributed by atoms with Crippen LogP contribution in [0.5, 0.6) is 11.5 Å². The molecule has 2 aliphatic carbocycles. The summed E-state index contributed by atoms with van der Waals surface area (Å²) in [5, 5.41) is 0. The van der Waals surface area contributed by atoms with Crippen molar-refractivity contribution >= 4 is 11.6 Å². The number of hydrogen-bond acceptors (Lipinski definition) is 5. The van der Waals surface area contributed by atoms with E-state index in [4.69, 9.17) is 9.47 Å². The third-order valence-corrected chi connectivity index (χ3v) is 7.07. The van der Waals surface area contributed by atoms with Crippen molar-refractivity contribution in [3.8, 4) is 11.5 Å². The van der Waals surface area contributed by atoms with Crippen molar-refractivity contribution in [3.63, 3.8) is 0 Å². The van der Waals surface area contributed by atoms with Crippen LogP contribution in [0.15, 0.2) is 65.0 Å². The number of ketones is 2. The lowest BCUT2D eigenvalue weighted by Gasteiger charge is -2.42. The molecule has 2 aromatic carbocycles. The average Bonchev–Trinajstić information content (AvgIpc) is 2.85. The van der Waals surface area contributed by atoms with Crippen LogP contribution in [0.25, 0.3) is 0 Å². The number of methoxy groups -OCH3 is 1. The zero-order chi connectivity index (χ0) is 23.8. The van der Waals surface area contributed by atoms with Gasteiger partial charge in [0.15, 0.2) is 23.1 Å². The van der Waals surface area contributed by atoms with Crippen LogP contribution in [-0.4, -0.2) is 30.6 Å². The molecule has 0 N–H and O–H groups in total. The highest BCUT2D eigenvalue weighted by molar-refractivity contribution is 6.06. The molecule has 0 bridgehead atoms. The lowest BCUT2D eigenvalue weighted by molar-refractivity contribution is -0.117. The van der Waals surface area contributed by atoms with Crippen LogP contribution in [0, 0.1) is 5.82 Å². The van der Waals surface area contributed by atoms with Gasteiger partial charge in [-0.1, -0.05) is 18.2 Å². The van der Waals surface area contributed by atoms with E-state index < -0.39 is 0 Å². The molecule has 0 radical (unpaired) electrons. The van der Waals surface area contributed by atoms with Crippen LogP contribution < -0.4 is 9.47 Å². The maximum atomic E-state index is 13.2. The first-order valence-corrected chi connectivity index (χ1v) is 11.8. The maximum absolute atomic E-state index is 13.2. The molecule has 3 aliphatic rings. The number of carbonyl (C=O) groups is 2. The molecule has 0 amide bonds. The summed E-state index contributed by atoms with van der Waals surface area (Å²) in [6, 6.07) is 11.8. The average molecular weight is 462 g/mol. The normalized spacial score (nSPS) is 18.7. The van der Waals surface area contributed by atoms with E-state index in [0.717, 1.165) is 59.4 Å². The van der Waals surface area contributed by atoms with E-state index in [0.29, 0.717) is 24.3 Å². The fourth-order valence-electron chi connectivity index (χ4n) is 5.41. The van der Waals surface area contributed by atoms with Gasteiger partial charge in [-0.15, -0.1) is 0 Å². The molecule has 5 rings (SSSR count). The molecule has 0 saturated heterocycles. The standard InChI is InChI=1S/C28H28FNO4/c1-30-20-5-3-7-22(31)27(20)26(28-21(30)6-4-8-23(28)32)18-11-14-24(25(15-18)33-2)34-16-17-9-12-19(29)13-10-17/h9-15,26H,3-8,16H2,1-2H3. The van der Waals surface area contributed by atoms with Crippen molar-refractivity contribution in [2.75, 3.05) is 14.2 Å². The van der Waals surface area contributed by atoms with Gasteiger partial charge in [-0.05, 0) is 61.1 Å². The topological polar surface area (TPSA) is 55.8 Å². The zero-order valence-electron chi connectivity index (χ0n) is 19.5. The first-order valence-electron chi connectivity index (χ1n) is 11.8. The fraction of sp³-hybridized carbons (Fsp3) is 0.357.